The van der Waals surface area contributed by atoms with E-state index in [2.05, 4.69) is 10.5 Å². The molecule has 0 aromatic heterocycles. The van der Waals surface area contributed by atoms with Crippen LogP contribution in [0.15, 0.2) is 53.7 Å². The van der Waals surface area contributed by atoms with Crippen molar-refractivity contribution in [3.05, 3.63) is 59.7 Å². The van der Waals surface area contributed by atoms with Gasteiger partial charge in [-0.1, -0.05) is 29.1 Å². The quantitative estimate of drug-likeness (QED) is 0.209. The highest BCUT2D eigenvalue weighted by molar-refractivity contribution is 8.15. The first-order chi connectivity index (χ1) is 14.9. The van der Waals surface area contributed by atoms with Crippen molar-refractivity contribution >= 4 is 34.6 Å². The predicted molar refractivity (Wildman–Crippen MR) is 116 cm³/mol. The van der Waals surface area contributed by atoms with Gasteiger partial charge >= 0.3 is 5.97 Å². The zero-order chi connectivity index (χ0) is 22.2. The van der Waals surface area contributed by atoms with Crippen molar-refractivity contribution in [2.75, 3.05) is 13.2 Å². The van der Waals surface area contributed by atoms with Crippen LogP contribution < -0.4 is 14.8 Å². The van der Waals surface area contributed by atoms with Crippen LogP contribution in [0.4, 0.5) is 4.79 Å². The van der Waals surface area contributed by atoms with E-state index < -0.39 is 0 Å². The lowest BCUT2D eigenvalue weighted by atomic mass is 10.1. The topological polar surface area (TPSA) is 103 Å². The Bertz CT molecular complexity index is 973. The number of hydrogen-bond acceptors (Lipinski definition) is 8. The zero-order valence-electron chi connectivity index (χ0n) is 17.1. The lowest BCUT2D eigenvalue weighted by Crippen LogP contribution is -2.25. The summed E-state index contributed by atoms with van der Waals surface area (Å²) < 4.78 is 10.6. The zero-order valence-corrected chi connectivity index (χ0v) is 17.9. The van der Waals surface area contributed by atoms with Crippen molar-refractivity contribution in [1.82, 2.24) is 5.32 Å². The molecular weight excluding hydrogens is 420 g/mol. The number of thioether (sulfide) groups is 1. The molecule has 8 nitrogen and oxygen atoms in total. The number of benzene rings is 2. The summed E-state index contributed by atoms with van der Waals surface area (Å²) >= 11 is 1.02. The molecular formula is C22H22N2O6S. The van der Waals surface area contributed by atoms with Crippen LogP contribution in [0.25, 0.3) is 0 Å². The molecule has 1 atom stereocenters. The van der Waals surface area contributed by atoms with Gasteiger partial charge < -0.3 is 14.3 Å². The van der Waals surface area contributed by atoms with Crippen molar-refractivity contribution in [2.45, 2.75) is 25.5 Å². The van der Waals surface area contributed by atoms with E-state index in [0.29, 0.717) is 30.2 Å². The average molecular weight is 442 g/mol. The minimum Gasteiger partial charge on any atom is -0.490 e. The van der Waals surface area contributed by atoms with Gasteiger partial charge in [-0.15, -0.1) is 0 Å². The van der Waals surface area contributed by atoms with Crippen LogP contribution in [0.2, 0.25) is 0 Å². The molecule has 9 heteroatoms. The molecule has 2 aromatic carbocycles. The van der Waals surface area contributed by atoms with E-state index >= 15 is 0 Å². The van der Waals surface area contributed by atoms with Gasteiger partial charge in [0.15, 0.2) is 6.61 Å². The summed E-state index contributed by atoms with van der Waals surface area (Å²) in [4.78, 5) is 39.1. The Hall–Kier alpha value is -3.33. The first-order valence-corrected chi connectivity index (χ1v) is 10.5. The third-order valence-electron chi connectivity index (χ3n) is 4.29. The smallest absolute Gasteiger partial charge is 0.308 e. The molecule has 162 valence electrons. The van der Waals surface area contributed by atoms with Crippen LogP contribution in [-0.2, 0) is 20.8 Å². The number of carbonyl (C=O) groups is 3. The number of oxime groups is 1. The SMILES string of the molecule is CC(=O)Oc1ccc(/C(C)=N\OCCOc2ccc(CC3SC(=O)NC3=O)cc2)cc1. The first kappa shape index (κ1) is 22.4. The number of amides is 2. The number of rotatable bonds is 9. The summed E-state index contributed by atoms with van der Waals surface area (Å²) in [7, 11) is 0. The van der Waals surface area contributed by atoms with E-state index in [-0.39, 0.29) is 29.0 Å². The van der Waals surface area contributed by atoms with Gasteiger partial charge in [0.1, 0.15) is 18.1 Å². The van der Waals surface area contributed by atoms with Crippen LogP contribution in [0.3, 0.4) is 0 Å². The number of imide groups is 1. The molecule has 0 aliphatic carbocycles. The summed E-state index contributed by atoms with van der Waals surface area (Å²) in [6.45, 7) is 3.75. The fourth-order valence-corrected chi connectivity index (χ4v) is 3.65. The minimum atomic E-state index is -0.383. The Morgan fingerprint density at radius 1 is 1.00 bits per heavy atom. The van der Waals surface area contributed by atoms with Crippen molar-refractivity contribution in [2.24, 2.45) is 5.16 Å². The molecule has 0 radical (unpaired) electrons. The van der Waals surface area contributed by atoms with E-state index in [1.807, 2.05) is 31.2 Å². The molecule has 1 N–H and O–H groups in total. The van der Waals surface area contributed by atoms with Crippen LogP contribution in [0.5, 0.6) is 11.5 Å². The van der Waals surface area contributed by atoms with Gasteiger partial charge in [0.2, 0.25) is 5.91 Å². The van der Waals surface area contributed by atoms with Gasteiger partial charge in [-0.25, -0.2) is 0 Å². The number of nitrogens with one attached hydrogen (secondary N) is 1. The number of nitrogens with zero attached hydrogens (tertiary/aromatic N) is 1. The Kier molecular flexibility index (Phi) is 7.66. The highest BCUT2D eigenvalue weighted by atomic mass is 32.2. The molecule has 2 aromatic rings. The molecule has 1 aliphatic heterocycles. The molecule has 0 spiro atoms. The normalized spacial score (nSPS) is 16.1. The maximum absolute atomic E-state index is 11.6. The van der Waals surface area contributed by atoms with Gasteiger partial charge in [0.25, 0.3) is 5.24 Å². The number of carbonyl (C=O) groups excluding carboxylic acids is 3. The maximum Gasteiger partial charge on any atom is 0.308 e. The maximum atomic E-state index is 11.6. The van der Waals surface area contributed by atoms with Gasteiger partial charge in [-0.05, 0) is 60.9 Å². The molecule has 2 amide bonds. The third kappa shape index (κ3) is 6.85. The monoisotopic (exact) mass is 442 g/mol. The fourth-order valence-electron chi connectivity index (χ4n) is 2.79. The fraction of sp³-hybridized carbons (Fsp3) is 0.273. The van der Waals surface area contributed by atoms with E-state index in [1.165, 1.54) is 6.92 Å². The van der Waals surface area contributed by atoms with Crippen molar-refractivity contribution in [3.63, 3.8) is 0 Å². The molecule has 0 saturated carbocycles. The summed E-state index contributed by atoms with van der Waals surface area (Å²) in [5, 5.41) is 5.66. The second-order valence-electron chi connectivity index (χ2n) is 6.71. The Morgan fingerprint density at radius 3 is 2.29 bits per heavy atom. The number of ether oxygens (including phenoxy) is 2. The van der Waals surface area contributed by atoms with Gasteiger partial charge in [-0.3, -0.25) is 19.7 Å². The molecule has 1 heterocycles. The van der Waals surface area contributed by atoms with E-state index in [9.17, 15) is 14.4 Å². The molecule has 3 rings (SSSR count). The summed E-state index contributed by atoms with van der Waals surface area (Å²) in [6, 6.07) is 14.3. The second-order valence-corrected chi connectivity index (χ2v) is 7.88. The Labute approximate surface area is 183 Å². The average Bonchev–Trinajstić information content (AvgIpc) is 3.05. The molecule has 1 unspecified atom stereocenters. The van der Waals surface area contributed by atoms with E-state index in [1.54, 1.807) is 24.3 Å². The van der Waals surface area contributed by atoms with E-state index in [0.717, 1.165) is 22.9 Å². The van der Waals surface area contributed by atoms with Crippen molar-refractivity contribution in [3.8, 4) is 11.5 Å². The van der Waals surface area contributed by atoms with Crippen LogP contribution >= 0.6 is 11.8 Å². The first-order valence-electron chi connectivity index (χ1n) is 9.59. The lowest BCUT2D eigenvalue weighted by molar-refractivity contribution is -0.131. The molecule has 0 bridgehead atoms. The standard InChI is InChI=1S/C22H22N2O6S/c1-14(17-5-9-19(10-6-17)30-15(2)25)24-29-12-11-28-18-7-3-16(4-8-18)13-20-21(26)23-22(27)31-20/h3-10,20H,11-13H2,1-2H3,(H,23,26,27)/b24-14-. The Morgan fingerprint density at radius 2 is 1.68 bits per heavy atom. The van der Waals surface area contributed by atoms with Gasteiger partial charge in [0, 0.05) is 6.92 Å². The number of esters is 1. The summed E-state index contributed by atoms with van der Waals surface area (Å²) in [5.74, 6) is 0.535. The summed E-state index contributed by atoms with van der Waals surface area (Å²) in [5.41, 5.74) is 2.49. The van der Waals surface area contributed by atoms with Crippen LogP contribution in [0.1, 0.15) is 25.0 Å². The summed E-state index contributed by atoms with van der Waals surface area (Å²) in [6.07, 6.45) is 0.488. The van der Waals surface area contributed by atoms with Gasteiger partial charge in [-0.2, -0.15) is 0 Å². The predicted octanol–water partition coefficient (Wildman–Crippen LogP) is 3.33. The molecule has 1 aliphatic rings. The van der Waals surface area contributed by atoms with Gasteiger partial charge in [0.05, 0.1) is 11.0 Å². The second kappa shape index (κ2) is 10.6. The van der Waals surface area contributed by atoms with Crippen LogP contribution in [-0.4, -0.2) is 41.3 Å². The highest BCUT2D eigenvalue weighted by Gasteiger charge is 2.31. The molecule has 1 fully saturated rings. The largest absolute Gasteiger partial charge is 0.490 e. The van der Waals surface area contributed by atoms with Crippen molar-refractivity contribution < 1.29 is 28.7 Å². The Balaban J connectivity index is 1.39. The van der Waals surface area contributed by atoms with Crippen LogP contribution in [0, 0.1) is 0 Å². The molecule has 31 heavy (non-hydrogen) atoms. The van der Waals surface area contributed by atoms with Crippen molar-refractivity contribution in [1.29, 1.82) is 0 Å². The molecule has 1 saturated heterocycles. The minimum absolute atomic E-state index is 0.247. The van der Waals surface area contributed by atoms with E-state index in [4.69, 9.17) is 14.3 Å². The third-order valence-corrected chi connectivity index (χ3v) is 5.27. The number of hydrogen-bond donors (Lipinski definition) is 1. The lowest BCUT2D eigenvalue weighted by Gasteiger charge is -2.08. The highest BCUT2D eigenvalue weighted by Crippen LogP contribution is 2.23.